The first-order chi connectivity index (χ1) is 9.95. The molecule has 0 aromatic carbocycles. The van der Waals surface area contributed by atoms with Gasteiger partial charge in [-0.1, -0.05) is 11.6 Å². The van der Waals surface area contributed by atoms with Crippen LogP contribution in [0.3, 0.4) is 0 Å². The number of nitrogen functional groups attached to an aromatic ring is 2. The molecule has 1 amide bonds. The van der Waals surface area contributed by atoms with Gasteiger partial charge in [-0.05, 0) is 12.8 Å². The van der Waals surface area contributed by atoms with Crippen molar-refractivity contribution in [3.8, 4) is 0 Å². The lowest BCUT2D eigenvalue weighted by Crippen LogP contribution is -2.41. The number of aromatic nitrogens is 2. The molecule has 1 heterocycles. The Labute approximate surface area is 140 Å². The zero-order valence-corrected chi connectivity index (χ0v) is 14.0. The molecule has 0 radical (unpaired) electrons. The highest BCUT2D eigenvalue weighted by Crippen LogP contribution is 2.16. The Balaban J connectivity index is 2.49. The van der Waals surface area contributed by atoms with E-state index in [1.807, 2.05) is 0 Å². The number of halogens is 2. The fourth-order valence-corrected chi connectivity index (χ4v) is 1.86. The van der Waals surface area contributed by atoms with Crippen LogP contribution in [0.25, 0.3) is 0 Å². The van der Waals surface area contributed by atoms with Gasteiger partial charge in [0.05, 0.1) is 0 Å². The number of anilines is 2. The van der Waals surface area contributed by atoms with E-state index >= 15 is 0 Å². The van der Waals surface area contributed by atoms with Crippen LogP contribution in [0, 0.1) is 5.41 Å². The summed E-state index contributed by atoms with van der Waals surface area (Å²) in [6.45, 7) is 1.46. The third-order valence-electron chi connectivity index (χ3n) is 2.36. The summed E-state index contributed by atoms with van der Waals surface area (Å²) < 4.78 is 2.99. The minimum Gasteiger partial charge on any atom is -0.382 e. The Kier molecular flexibility index (Phi) is 7.39. The summed E-state index contributed by atoms with van der Waals surface area (Å²) in [7, 11) is 0. The first-order valence-corrected chi connectivity index (χ1v) is 7.47. The van der Waals surface area contributed by atoms with Gasteiger partial charge in [0.1, 0.15) is 0 Å². The van der Waals surface area contributed by atoms with Gasteiger partial charge in [-0.15, -0.1) is 0 Å². The van der Waals surface area contributed by atoms with E-state index in [0.717, 1.165) is 19.4 Å². The van der Waals surface area contributed by atoms with Crippen molar-refractivity contribution in [2.75, 3.05) is 24.6 Å². The van der Waals surface area contributed by atoms with Crippen LogP contribution < -0.4 is 25.6 Å². The van der Waals surface area contributed by atoms with Crippen LogP contribution in [0.15, 0.2) is 0 Å². The molecule has 0 aliphatic heterocycles. The third kappa shape index (κ3) is 5.85. The van der Waals surface area contributed by atoms with Gasteiger partial charge >= 0.3 is 0 Å². The number of rotatable bonds is 6. The number of nitrogens with two attached hydrogens (primary N) is 2. The molecular formula is C10H16ClIN8O. The smallest absolute Gasteiger partial charge is 0.280 e. The number of hydrogen-bond acceptors (Lipinski definition) is 7. The van der Waals surface area contributed by atoms with Crippen LogP contribution in [0.2, 0.25) is 5.15 Å². The van der Waals surface area contributed by atoms with Crippen molar-refractivity contribution in [1.29, 1.82) is 5.41 Å². The molecular weight excluding hydrogens is 411 g/mol. The predicted molar refractivity (Wildman–Crippen MR) is 90.3 cm³/mol. The highest BCUT2D eigenvalue weighted by atomic mass is 127. The van der Waals surface area contributed by atoms with Gasteiger partial charge in [-0.3, -0.25) is 19.1 Å². The summed E-state index contributed by atoms with van der Waals surface area (Å²) in [6, 6.07) is 0. The zero-order chi connectivity index (χ0) is 15.8. The lowest BCUT2D eigenvalue weighted by Gasteiger charge is -2.10. The lowest BCUT2D eigenvalue weighted by molar-refractivity contribution is 0.0971. The first kappa shape index (κ1) is 17.7. The molecule has 0 aliphatic rings. The van der Waals surface area contributed by atoms with E-state index in [9.17, 15) is 4.79 Å². The Morgan fingerprint density at radius 3 is 2.57 bits per heavy atom. The van der Waals surface area contributed by atoms with Crippen molar-refractivity contribution in [2.24, 2.45) is 0 Å². The molecule has 1 rings (SSSR count). The van der Waals surface area contributed by atoms with Crippen LogP contribution >= 0.6 is 34.5 Å². The van der Waals surface area contributed by atoms with Gasteiger partial charge in [-0.2, -0.15) is 0 Å². The fraction of sp³-hybridized carbons (Fsp3) is 0.400. The standard InChI is InChI=1S/C10H16ClIN8O/c11-6-8(14)19-7(13)5(18-6)9(21)20-10(15)16-3-1-2-4-17-12/h17H,1-4H2,(H4,13,14,19)(H3,15,16,20,21). The molecule has 1 aromatic rings. The van der Waals surface area contributed by atoms with Crippen molar-refractivity contribution in [3.63, 3.8) is 0 Å². The second kappa shape index (κ2) is 8.79. The molecule has 8 N–H and O–H groups in total. The van der Waals surface area contributed by atoms with E-state index in [1.54, 1.807) is 0 Å². The molecule has 0 saturated carbocycles. The van der Waals surface area contributed by atoms with Gasteiger partial charge in [0.15, 0.2) is 28.4 Å². The van der Waals surface area contributed by atoms with Crippen LogP contribution in [0.5, 0.6) is 0 Å². The molecule has 21 heavy (non-hydrogen) atoms. The molecule has 1 aromatic heterocycles. The van der Waals surface area contributed by atoms with Crippen LogP contribution in [0.1, 0.15) is 23.3 Å². The molecule has 11 heteroatoms. The summed E-state index contributed by atoms with van der Waals surface area (Å²) in [5, 5.41) is 12.6. The van der Waals surface area contributed by atoms with E-state index in [4.69, 9.17) is 28.5 Å². The van der Waals surface area contributed by atoms with Crippen molar-refractivity contribution in [2.45, 2.75) is 12.8 Å². The first-order valence-electron chi connectivity index (χ1n) is 6.01. The molecule has 0 unspecified atom stereocenters. The van der Waals surface area contributed by atoms with Crippen LogP contribution in [-0.2, 0) is 0 Å². The fourth-order valence-electron chi connectivity index (χ4n) is 1.36. The summed E-state index contributed by atoms with van der Waals surface area (Å²) in [5.74, 6) is -1.01. The number of guanidine groups is 1. The molecule has 0 spiro atoms. The Morgan fingerprint density at radius 1 is 1.24 bits per heavy atom. The molecule has 9 nitrogen and oxygen atoms in total. The van der Waals surface area contributed by atoms with E-state index in [-0.39, 0.29) is 28.4 Å². The maximum Gasteiger partial charge on any atom is 0.280 e. The number of carbonyl (C=O) groups is 1. The Morgan fingerprint density at radius 2 is 1.90 bits per heavy atom. The number of hydrogen-bond donors (Lipinski definition) is 6. The van der Waals surface area contributed by atoms with E-state index in [0.29, 0.717) is 6.54 Å². The number of unbranched alkanes of at least 4 members (excludes halogenated alkanes) is 1. The predicted octanol–water partition coefficient (Wildman–Crippen LogP) is 0.268. The quantitative estimate of drug-likeness (QED) is 0.125. The molecule has 0 atom stereocenters. The second-order valence-electron chi connectivity index (χ2n) is 3.98. The monoisotopic (exact) mass is 426 g/mol. The normalized spacial score (nSPS) is 10.2. The lowest BCUT2D eigenvalue weighted by atomic mass is 10.3. The van der Waals surface area contributed by atoms with Crippen molar-refractivity contribution in [3.05, 3.63) is 10.8 Å². The number of carbonyl (C=O) groups excluding carboxylic acids is 1. The van der Waals surface area contributed by atoms with Crippen molar-refractivity contribution < 1.29 is 4.79 Å². The summed E-state index contributed by atoms with van der Waals surface area (Å²) >= 11 is 7.76. The minimum absolute atomic E-state index is 0.0530. The van der Waals surface area contributed by atoms with Crippen molar-refractivity contribution >= 4 is 58.0 Å². The SMILES string of the molecule is N=C(NCCCCNI)NC(=O)c1nc(Cl)c(N)nc1N. The number of nitrogens with one attached hydrogen (secondary N) is 4. The van der Waals surface area contributed by atoms with Gasteiger partial charge in [0.25, 0.3) is 5.91 Å². The largest absolute Gasteiger partial charge is 0.382 e. The van der Waals surface area contributed by atoms with Crippen molar-refractivity contribution in [1.82, 2.24) is 24.1 Å². The second-order valence-corrected chi connectivity index (χ2v) is 5.10. The summed E-state index contributed by atoms with van der Waals surface area (Å²) in [6.07, 6.45) is 1.83. The van der Waals surface area contributed by atoms with E-state index in [2.05, 4.69) is 47.0 Å². The maximum atomic E-state index is 11.9. The number of nitrogens with zero attached hydrogens (tertiary/aromatic N) is 2. The van der Waals surface area contributed by atoms with E-state index in [1.165, 1.54) is 0 Å². The van der Waals surface area contributed by atoms with Gasteiger partial charge in [0.2, 0.25) is 0 Å². The topological polar surface area (TPSA) is 155 Å². The molecule has 0 aliphatic carbocycles. The minimum atomic E-state index is -0.673. The van der Waals surface area contributed by atoms with Crippen LogP contribution in [0.4, 0.5) is 11.6 Å². The third-order valence-corrected chi connectivity index (χ3v) is 3.18. The average molecular weight is 427 g/mol. The van der Waals surface area contributed by atoms with Crippen LogP contribution in [-0.4, -0.2) is 34.9 Å². The van der Waals surface area contributed by atoms with E-state index < -0.39 is 5.91 Å². The zero-order valence-electron chi connectivity index (χ0n) is 11.0. The summed E-state index contributed by atoms with van der Waals surface area (Å²) in [4.78, 5) is 19.3. The molecule has 0 saturated heterocycles. The Hall–Kier alpha value is -1.40. The molecule has 0 fully saturated rings. The van der Waals surface area contributed by atoms with Gasteiger partial charge in [-0.25, -0.2) is 9.97 Å². The maximum absolute atomic E-state index is 11.9. The molecule has 0 bridgehead atoms. The van der Waals surface area contributed by atoms with Gasteiger partial charge < -0.3 is 16.8 Å². The number of amides is 1. The Bertz CT molecular complexity index is 526. The molecule has 116 valence electrons. The average Bonchev–Trinajstić information content (AvgIpc) is 2.42. The summed E-state index contributed by atoms with van der Waals surface area (Å²) in [5.41, 5.74) is 10.8. The highest BCUT2D eigenvalue weighted by Gasteiger charge is 2.16. The highest BCUT2D eigenvalue weighted by molar-refractivity contribution is 14.1. The van der Waals surface area contributed by atoms with Gasteiger partial charge in [0, 0.05) is 36.0 Å².